The molecule has 0 aliphatic heterocycles. The van der Waals surface area contributed by atoms with Crippen LogP contribution in [0.1, 0.15) is 11.1 Å². The third-order valence-electron chi connectivity index (χ3n) is 2.88. The van der Waals surface area contributed by atoms with Gasteiger partial charge in [-0.3, -0.25) is 4.79 Å². The maximum Gasteiger partial charge on any atom is 0.258 e. The molecule has 21 heavy (non-hydrogen) atoms. The van der Waals surface area contributed by atoms with E-state index in [0.717, 1.165) is 15.6 Å². The van der Waals surface area contributed by atoms with E-state index >= 15 is 0 Å². The summed E-state index contributed by atoms with van der Waals surface area (Å²) in [6.45, 7) is 2.34. The smallest absolute Gasteiger partial charge is 0.258 e. The van der Waals surface area contributed by atoms with Gasteiger partial charge in [-0.05, 0) is 52.2 Å². The van der Waals surface area contributed by atoms with E-state index in [0.29, 0.717) is 17.3 Å². The molecule has 0 saturated heterocycles. The molecule has 0 atom stereocenters. The van der Waals surface area contributed by atoms with Crippen molar-refractivity contribution >= 4 is 33.4 Å². The van der Waals surface area contributed by atoms with Gasteiger partial charge in [0.1, 0.15) is 5.75 Å². The minimum atomic E-state index is -0.192. The molecule has 2 aromatic rings. The van der Waals surface area contributed by atoms with E-state index in [1.807, 2.05) is 43.3 Å². The van der Waals surface area contributed by atoms with Crippen LogP contribution in [0.3, 0.4) is 0 Å². The van der Waals surface area contributed by atoms with Gasteiger partial charge in [0.2, 0.25) is 0 Å². The quantitative estimate of drug-likeness (QED) is 0.862. The van der Waals surface area contributed by atoms with E-state index < -0.39 is 0 Å². The van der Waals surface area contributed by atoms with Crippen LogP contribution < -0.4 is 10.1 Å². The van der Waals surface area contributed by atoms with Gasteiger partial charge < -0.3 is 10.1 Å². The van der Waals surface area contributed by atoms with Gasteiger partial charge in [0, 0.05) is 11.6 Å². The Kier molecular flexibility index (Phi) is 5.65. The number of nitrogens with one attached hydrogen (secondary N) is 1. The monoisotopic (exact) mass is 367 g/mol. The second kappa shape index (κ2) is 7.48. The van der Waals surface area contributed by atoms with Gasteiger partial charge in [-0.25, -0.2) is 0 Å². The topological polar surface area (TPSA) is 38.3 Å². The van der Waals surface area contributed by atoms with Gasteiger partial charge in [-0.15, -0.1) is 0 Å². The lowest BCUT2D eigenvalue weighted by atomic mass is 10.2. The highest BCUT2D eigenvalue weighted by Crippen LogP contribution is 2.25. The van der Waals surface area contributed by atoms with Crippen LogP contribution in [0.25, 0.3) is 0 Å². The van der Waals surface area contributed by atoms with Crippen LogP contribution in [0.4, 0.5) is 0 Å². The normalized spacial score (nSPS) is 10.2. The average molecular weight is 369 g/mol. The molecular formula is C16H15BrClNO2. The molecule has 0 aliphatic carbocycles. The Morgan fingerprint density at radius 3 is 2.76 bits per heavy atom. The molecule has 2 rings (SSSR count). The summed E-state index contributed by atoms with van der Waals surface area (Å²) in [7, 11) is 0. The SMILES string of the molecule is Cc1ccc(OCC(=O)NCc2ccccc2Cl)c(Br)c1. The molecule has 0 unspecified atom stereocenters. The molecule has 0 aliphatic rings. The second-order valence-corrected chi connectivity index (χ2v) is 5.85. The zero-order valence-electron chi connectivity index (χ0n) is 11.5. The average Bonchev–Trinajstić information content (AvgIpc) is 2.45. The van der Waals surface area contributed by atoms with Crippen molar-refractivity contribution in [1.82, 2.24) is 5.32 Å². The summed E-state index contributed by atoms with van der Waals surface area (Å²) in [6.07, 6.45) is 0. The highest BCUT2D eigenvalue weighted by molar-refractivity contribution is 9.10. The molecule has 0 heterocycles. The fourth-order valence-corrected chi connectivity index (χ4v) is 2.56. The first-order chi connectivity index (χ1) is 10.1. The lowest BCUT2D eigenvalue weighted by Gasteiger charge is -2.10. The van der Waals surface area contributed by atoms with Crippen LogP contribution in [-0.4, -0.2) is 12.5 Å². The zero-order valence-corrected chi connectivity index (χ0v) is 13.9. The summed E-state index contributed by atoms with van der Waals surface area (Å²) >= 11 is 9.44. The minimum absolute atomic E-state index is 0.0356. The van der Waals surface area contributed by atoms with Crippen molar-refractivity contribution in [2.45, 2.75) is 13.5 Å². The molecule has 0 fully saturated rings. The summed E-state index contributed by atoms with van der Waals surface area (Å²) in [5, 5.41) is 3.42. The number of hydrogen-bond acceptors (Lipinski definition) is 2. The second-order valence-electron chi connectivity index (χ2n) is 4.59. The zero-order chi connectivity index (χ0) is 15.2. The molecule has 0 saturated carbocycles. The number of ether oxygens (including phenoxy) is 1. The minimum Gasteiger partial charge on any atom is -0.483 e. The number of carbonyl (C=O) groups excluding carboxylic acids is 1. The molecular weight excluding hydrogens is 354 g/mol. The maximum absolute atomic E-state index is 11.8. The Morgan fingerprint density at radius 2 is 2.05 bits per heavy atom. The molecule has 5 heteroatoms. The Hall–Kier alpha value is -1.52. The number of carbonyl (C=O) groups is 1. The molecule has 0 spiro atoms. The number of benzene rings is 2. The van der Waals surface area contributed by atoms with E-state index in [9.17, 15) is 4.79 Å². The third-order valence-corrected chi connectivity index (χ3v) is 3.87. The molecule has 0 aromatic heterocycles. The number of amides is 1. The number of hydrogen-bond donors (Lipinski definition) is 1. The van der Waals surface area contributed by atoms with Crippen LogP contribution in [0.5, 0.6) is 5.75 Å². The number of rotatable bonds is 5. The predicted octanol–water partition coefficient (Wildman–Crippen LogP) is 4.11. The van der Waals surface area contributed by atoms with Crippen molar-refractivity contribution in [3.05, 3.63) is 63.1 Å². The van der Waals surface area contributed by atoms with E-state index in [2.05, 4.69) is 21.2 Å². The summed E-state index contributed by atoms with van der Waals surface area (Å²) in [6, 6.07) is 13.1. The first-order valence-corrected chi connectivity index (χ1v) is 7.62. The van der Waals surface area contributed by atoms with E-state index in [1.54, 1.807) is 6.07 Å². The fourth-order valence-electron chi connectivity index (χ4n) is 1.75. The number of halogens is 2. The Labute approximate surface area is 137 Å². The highest BCUT2D eigenvalue weighted by atomic mass is 79.9. The third kappa shape index (κ3) is 4.76. The first kappa shape index (κ1) is 15.9. The van der Waals surface area contributed by atoms with Crippen LogP contribution in [-0.2, 0) is 11.3 Å². The Balaban J connectivity index is 1.84. The van der Waals surface area contributed by atoms with Crippen LogP contribution in [0.2, 0.25) is 5.02 Å². The van der Waals surface area contributed by atoms with Crippen molar-refractivity contribution < 1.29 is 9.53 Å². The number of aryl methyl sites for hydroxylation is 1. The van der Waals surface area contributed by atoms with Gasteiger partial charge in [-0.1, -0.05) is 35.9 Å². The van der Waals surface area contributed by atoms with Crippen LogP contribution in [0, 0.1) is 6.92 Å². The summed E-state index contributed by atoms with van der Waals surface area (Å²) in [4.78, 5) is 11.8. The fraction of sp³-hybridized carbons (Fsp3) is 0.188. The summed E-state index contributed by atoms with van der Waals surface area (Å²) in [5.74, 6) is 0.455. The Morgan fingerprint density at radius 1 is 1.29 bits per heavy atom. The van der Waals surface area contributed by atoms with E-state index in [-0.39, 0.29) is 12.5 Å². The lowest BCUT2D eigenvalue weighted by molar-refractivity contribution is -0.123. The van der Waals surface area contributed by atoms with Crippen molar-refractivity contribution in [3.63, 3.8) is 0 Å². The molecule has 0 bridgehead atoms. The predicted molar refractivity (Wildman–Crippen MR) is 87.7 cm³/mol. The first-order valence-electron chi connectivity index (χ1n) is 6.45. The maximum atomic E-state index is 11.8. The van der Waals surface area contributed by atoms with Crippen LogP contribution in [0.15, 0.2) is 46.9 Å². The molecule has 1 N–H and O–H groups in total. The van der Waals surface area contributed by atoms with Gasteiger partial charge in [0.05, 0.1) is 4.47 Å². The molecule has 110 valence electrons. The molecule has 2 aromatic carbocycles. The van der Waals surface area contributed by atoms with Gasteiger partial charge >= 0.3 is 0 Å². The Bertz CT molecular complexity index is 646. The van der Waals surface area contributed by atoms with Crippen molar-refractivity contribution in [3.8, 4) is 5.75 Å². The lowest BCUT2D eigenvalue weighted by Crippen LogP contribution is -2.28. The van der Waals surface area contributed by atoms with Crippen molar-refractivity contribution in [1.29, 1.82) is 0 Å². The largest absolute Gasteiger partial charge is 0.483 e. The summed E-state index contributed by atoms with van der Waals surface area (Å²) in [5.41, 5.74) is 2.00. The van der Waals surface area contributed by atoms with E-state index in [4.69, 9.17) is 16.3 Å². The van der Waals surface area contributed by atoms with E-state index in [1.165, 1.54) is 0 Å². The molecule has 0 radical (unpaired) electrons. The van der Waals surface area contributed by atoms with Gasteiger partial charge in [0.25, 0.3) is 5.91 Å². The highest BCUT2D eigenvalue weighted by Gasteiger charge is 2.06. The molecule has 1 amide bonds. The standard InChI is InChI=1S/C16H15BrClNO2/c1-11-6-7-15(13(17)8-11)21-10-16(20)19-9-12-4-2-3-5-14(12)18/h2-8H,9-10H2,1H3,(H,19,20). The summed E-state index contributed by atoms with van der Waals surface area (Å²) < 4.78 is 6.31. The van der Waals surface area contributed by atoms with Crippen molar-refractivity contribution in [2.75, 3.05) is 6.61 Å². The van der Waals surface area contributed by atoms with Gasteiger partial charge in [0.15, 0.2) is 6.61 Å². The molecule has 3 nitrogen and oxygen atoms in total. The van der Waals surface area contributed by atoms with Crippen molar-refractivity contribution in [2.24, 2.45) is 0 Å². The van der Waals surface area contributed by atoms with Gasteiger partial charge in [-0.2, -0.15) is 0 Å². The van der Waals surface area contributed by atoms with Crippen LogP contribution >= 0.6 is 27.5 Å².